The zero-order chi connectivity index (χ0) is 19.9. The van der Waals surface area contributed by atoms with Crippen molar-refractivity contribution < 1.29 is 4.79 Å². The number of aryl methyl sites for hydroxylation is 1. The van der Waals surface area contributed by atoms with Gasteiger partial charge in [0.15, 0.2) is 5.78 Å². The van der Waals surface area contributed by atoms with Crippen molar-refractivity contribution in [2.75, 3.05) is 0 Å². The summed E-state index contributed by atoms with van der Waals surface area (Å²) in [6, 6.07) is 14.8. The van der Waals surface area contributed by atoms with Crippen LogP contribution in [-0.2, 0) is 0 Å². The Morgan fingerprint density at radius 3 is 2.54 bits per heavy atom. The third-order valence-corrected chi connectivity index (χ3v) is 7.06. The number of Topliss-reactive ketones (excluding diaryl/α,β-unsaturated/α-hetero) is 1. The maximum atomic E-state index is 12.3. The van der Waals surface area contributed by atoms with Gasteiger partial charge in [-0.3, -0.25) is 4.79 Å². The molecule has 1 aliphatic carbocycles. The van der Waals surface area contributed by atoms with Gasteiger partial charge in [-0.2, -0.15) is 0 Å². The van der Waals surface area contributed by atoms with Crippen LogP contribution in [-0.4, -0.2) is 5.78 Å². The molecule has 0 bridgehead atoms. The minimum atomic E-state index is 0.257. The van der Waals surface area contributed by atoms with E-state index in [-0.39, 0.29) is 5.78 Å². The van der Waals surface area contributed by atoms with Crippen LogP contribution in [0.4, 0.5) is 0 Å². The van der Waals surface area contributed by atoms with Crippen LogP contribution in [0.2, 0.25) is 0 Å². The first-order valence-electron chi connectivity index (χ1n) is 10.7. The lowest BCUT2D eigenvalue weighted by Crippen LogP contribution is -2.08. The second kappa shape index (κ2) is 10.1. The number of carbonyl (C=O) groups excluding carboxylic acids is 1. The van der Waals surface area contributed by atoms with Gasteiger partial charge in [0.2, 0.25) is 0 Å². The second-order valence-corrected chi connectivity index (χ2v) is 9.05. The summed E-state index contributed by atoms with van der Waals surface area (Å²) in [5, 5.41) is 0. The Balaban J connectivity index is 1.78. The molecule has 0 saturated heterocycles. The van der Waals surface area contributed by atoms with Gasteiger partial charge in [0.25, 0.3) is 0 Å². The van der Waals surface area contributed by atoms with Gasteiger partial charge in [0.05, 0.1) is 0 Å². The highest BCUT2D eigenvalue weighted by molar-refractivity contribution is 7.99. The Morgan fingerprint density at radius 1 is 1.07 bits per heavy atom. The molecule has 3 rings (SSSR count). The van der Waals surface area contributed by atoms with E-state index in [0.29, 0.717) is 12.3 Å². The van der Waals surface area contributed by atoms with Crippen LogP contribution >= 0.6 is 11.8 Å². The third kappa shape index (κ3) is 5.17. The first-order chi connectivity index (χ1) is 13.6. The molecule has 0 amide bonds. The van der Waals surface area contributed by atoms with Crippen LogP contribution in [0.1, 0.15) is 79.8 Å². The number of allylic oxidation sites excluding steroid dienone is 1. The highest BCUT2D eigenvalue weighted by Crippen LogP contribution is 2.40. The highest BCUT2D eigenvalue weighted by Gasteiger charge is 2.20. The van der Waals surface area contributed by atoms with Crippen LogP contribution in [0, 0.1) is 12.8 Å². The number of hydrogen-bond donors (Lipinski definition) is 0. The molecule has 2 heteroatoms. The van der Waals surface area contributed by atoms with Gasteiger partial charge in [-0.15, -0.1) is 0 Å². The molecule has 0 spiro atoms. The second-order valence-electron chi connectivity index (χ2n) is 7.97. The van der Waals surface area contributed by atoms with Crippen molar-refractivity contribution in [2.24, 2.45) is 5.92 Å². The summed E-state index contributed by atoms with van der Waals surface area (Å²) in [5.41, 5.74) is 4.61. The fraction of sp³-hybridized carbons (Fsp3) is 0.423. The Morgan fingerprint density at radius 2 is 1.82 bits per heavy atom. The number of benzene rings is 2. The van der Waals surface area contributed by atoms with Gasteiger partial charge in [-0.05, 0) is 67.0 Å². The Hall–Kier alpha value is -1.80. The lowest BCUT2D eigenvalue weighted by Gasteiger charge is -2.25. The summed E-state index contributed by atoms with van der Waals surface area (Å²) < 4.78 is 0. The summed E-state index contributed by atoms with van der Waals surface area (Å²) in [4.78, 5) is 14.8. The predicted molar refractivity (Wildman–Crippen MR) is 121 cm³/mol. The summed E-state index contributed by atoms with van der Waals surface area (Å²) >= 11 is 1.80. The molecule has 0 aromatic heterocycles. The van der Waals surface area contributed by atoms with Crippen molar-refractivity contribution in [2.45, 2.75) is 75.0 Å². The maximum absolute atomic E-state index is 12.3. The lowest BCUT2D eigenvalue weighted by atomic mass is 9.82. The summed E-state index contributed by atoms with van der Waals surface area (Å²) in [6.07, 6.45) is 9.22. The average Bonchev–Trinajstić information content (AvgIpc) is 2.74. The molecular formula is C26H32OS. The first kappa shape index (κ1) is 20.9. The van der Waals surface area contributed by atoms with E-state index in [2.05, 4.69) is 56.8 Å². The van der Waals surface area contributed by atoms with Crippen molar-refractivity contribution in [1.29, 1.82) is 0 Å². The van der Waals surface area contributed by atoms with Crippen molar-refractivity contribution in [3.05, 3.63) is 65.7 Å². The van der Waals surface area contributed by atoms with Gasteiger partial charge >= 0.3 is 0 Å². The zero-order valence-corrected chi connectivity index (χ0v) is 18.1. The monoisotopic (exact) mass is 392 g/mol. The minimum absolute atomic E-state index is 0.257. The molecule has 0 radical (unpaired) electrons. The molecule has 0 atom stereocenters. The predicted octanol–water partition coefficient (Wildman–Crippen LogP) is 8.11. The molecule has 1 saturated carbocycles. The Labute approximate surface area is 174 Å². The SMILES string of the molecule is C=C(c1ccccc1Sc1ccc(C(=O)CCCC)cc1C)C1CCCCC1. The van der Waals surface area contributed by atoms with E-state index in [9.17, 15) is 4.79 Å². The van der Waals surface area contributed by atoms with E-state index < -0.39 is 0 Å². The lowest BCUT2D eigenvalue weighted by molar-refractivity contribution is 0.0979. The molecule has 1 nitrogen and oxygen atoms in total. The van der Waals surface area contributed by atoms with Gasteiger partial charge in [-0.1, -0.05) is 75.2 Å². The molecule has 0 aliphatic heterocycles. The minimum Gasteiger partial charge on any atom is -0.294 e. The number of rotatable bonds is 8. The van der Waals surface area contributed by atoms with E-state index in [4.69, 9.17) is 0 Å². The molecule has 1 aliphatic rings. The first-order valence-corrected chi connectivity index (χ1v) is 11.5. The van der Waals surface area contributed by atoms with Gasteiger partial charge < -0.3 is 0 Å². The number of hydrogen-bond acceptors (Lipinski definition) is 2. The van der Waals surface area contributed by atoms with Crippen LogP contribution in [0.5, 0.6) is 0 Å². The third-order valence-electron chi connectivity index (χ3n) is 5.81. The molecule has 148 valence electrons. The molecular weight excluding hydrogens is 360 g/mol. The van der Waals surface area contributed by atoms with Crippen LogP contribution in [0.25, 0.3) is 5.57 Å². The molecule has 0 unspecified atom stereocenters. The summed E-state index contributed by atoms with van der Waals surface area (Å²) in [6.45, 7) is 8.71. The van der Waals surface area contributed by atoms with Crippen molar-refractivity contribution in [3.8, 4) is 0 Å². The fourth-order valence-electron chi connectivity index (χ4n) is 4.03. The maximum Gasteiger partial charge on any atom is 0.162 e. The smallest absolute Gasteiger partial charge is 0.162 e. The standard InChI is InChI=1S/C26H32OS/c1-4-5-14-24(27)22-16-17-25(19(2)18-22)28-26-15-10-9-13-23(26)20(3)21-11-7-6-8-12-21/h9-10,13,15-18,21H,3-8,11-12,14H2,1-2H3. The largest absolute Gasteiger partial charge is 0.294 e. The highest BCUT2D eigenvalue weighted by atomic mass is 32.2. The summed E-state index contributed by atoms with van der Waals surface area (Å²) in [5.74, 6) is 0.878. The molecule has 2 aromatic carbocycles. The fourth-order valence-corrected chi connectivity index (χ4v) is 5.08. The van der Waals surface area contributed by atoms with Crippen molar-refractivity contribution >= 4 is 23.1 Å². The van der Waals surface area contributed by atoms with Crippen LogP contribution in [0.15, 0.2) is 58.8 Å². The number of unbranched alkanes of at least 4 members (excludes halogenated alkanes) is 1. The van der Waals surface area contributed by atoms with E-state index in [1.165, 1.54) is 58.6 Å². The molecule has 2 aromatic rings. The van der Waals surface area contributed by atoms with Crippen molar-refractivity contribution in [1.82, 2.24) is 0 Å². The van der Waals surface area contributed by atoms with Gasteiger partial charge in [0, 0.05) is 21.8 Å². The Bertz CT molecular complexity index is 830. The molecule has 28 heavy (non-hydrogen) atoms. The number of carbonyl (C=O) groups is 1. The molecule has 1 fully saturated rings. The van der Waals surface area contributed by atoms with E-state index in [1.807, 2.05) is 6.07 Å². The van der Waals surface area contributed by atoms with Crippen LogP contribution < -0.4 is 0 Å². The van der Waals surface area contributed by atoms with Gasteiger partial charge in [0.1, 0.15) is 0 Å². The molecule has 0 N–H and O–H groups in total. The molecule has 0 heterocycles. The summed E-state index contributed by atoms with van der Waals surface area (Å²) in [7, 11) is 0. The van der Waals surface area contributed by atoms with Crippen molar-refractivity contribution in [3.63, 3.8) is 0 Å². The normalized spacial score (nSPS) is 14.8. The van der Waals surface area contributed by atoms with E-state index in [1.54, 1.807) is 11.8 Å². The zero-order valence-electron chi connectivity index (χ0n) is 17.3. The van der Waals surface area contributed by atoms with E-state index >= 15 is 0 Å². The topological polar surface area (TPSA) is 17.1 Å². The average molecular weight is 393 g/mol. The number of ketones is 1. The quantitative estimate of drug-likeness (QED) is 0.422. The van der Waals surface area contributed by atoms with Gasteiger partial charge in [-0.25, -0.2) is 0 Å². The van der Waals surface area contributed by atoms with E-state index in [0.717, 1.165) is 18.4 Å². The van der Waals surface area contributed by atoms with Crippen LogP contribution in [0.3, 0.4) is 0 Å². The Kier molecular flexibility index (Phi) is 7.56.